The Morgan fingerprint density at radius 3 is 2.61 bits per heavy atom. The van der Waals surface area contributed by atoms with Gasteiger partial charge in [-0.05, 0) is 11.1 Å². The third-order valence-corrected chi connectivity index (χ3v) is 3.34. The van der Waals surface area contributed by atoms with Gasteiger partial charge in [0.2, 0.25) is 0 Å². The number of amides is 1. The van der Waals surface area contributed by atoms with Crippen molar-refractivity contribution < 1.29 is 23.8 Å². The number of benzene rings is 1. The summed E-state index contributed by atoms with van der Waals surface area (Å²) in [6, 6.07) is 8.92. The second-order valence-electron chi connectivity index (χ2n) is 5.04. The van der Waals surface area contributed by atoms with Gasteiger partial charge in [0, 0.05) is 26.1 Å². The Morgan fingerprint density at radius 1 is 1.26 bits per heavy atom. The zero-order chi connectivity index (χ0) is 16.8. The fraction of sp³-hybridized carbons (Fsp3) is 0.294. The number of hydrogen-bond acceptors (Lipinski definition) is 4. The van der Waals surface area contributed by atoms with E-state index < -0.39 is 11.9 Å². The SMILES string of the molecule is CCc1oc(C(=O)NCc2cccc(COC)c2)cc1C(=O)O. The summed E-state index contributed by atoms with van der Waals surface area (Å²) in [6.07, 6.45) is 0.411. The lowest BCUT2D eigenvalue weighted by Crippen LogP contribution is -2.22. The van der Waals surface area contributed by atoms with Crippen LogP contribution in [0.3, 0.4) is 0 Å². The summed E-state index contributed by atoms with van der Waals surface area (Å²) >= 11 is 0. The molecule has 6 nitrogen and oxygen atoms in total. The first-order chi connectivity index (χ1) is 11.0. The molecule has 0 bridgehead atoms. The molecule has 1 heterocycles. The summed E-state index contributed by atoms with van der Waals surface area (Å²) in [5.74, 6) is -1.24. The molecule has 1 amide bonds. The van der Waals surface area contributed by atoms with Gasteiger partial charge < -0.3 is 19.6 Å². The van der Waals surface area contributed by atoms with Crippen molar-refractivity contribution >= 4 is 11.9 Å². The molecule has 2 rings (SSSR count). The fourth-order valence-electron chi connectivity index (χ4n) is 2.25. The number of ether oxygens (including phenoxy) is 1. The third kappa shape index (κ3) is 4.20. The molecule has 2 aromatic rings. The smallest absolute Gasteiger partial charge is 0.339 e. The van der Waals surface area contributed by atoms with Gasteiger partial charge in [-0.1, -0.05) is 31.2 Å². The fourth-order valence-corrected chi connectivity index (χ4v) is 2.25. The van der Waals surface area contributed by atoms with E-state index in [1.807, 2.05) is 24.3 Å². The number of carbonyl (C=O) groups excluding carboxylic acids is 1. The number of carbonyl (C=O) groups is 2. The first-order valence-electron chi connectivity index (χ1n) is 7.26. The van der Waals surface area contributed by atoms with Crippen molar-refractivity contribution in [2.45, 2.75) is 26.5 Å². The maximum absolute atomic E-state index is 12.1. The third-order valence-electron chi connectivity index (χ3n) is 3.34. The van der Waals surface area contributed by atoms with Crippen LogP contribution in [-0.2, 0) is 24.3 Å². The topological polar surface area (TPSA) is 88.8 Å². The summed E-state index contributed by atoms with van der Waals surface area (Å²) in [7, 11) is 1.62. The molecule has 122 valence electrons. The van der Waals surface area contributed by atoms with Crippen molar-refractivity contribution in [2.24, 2.45) is 0 Å². The van der Waals surface area contributed by atoms with Crippen LogP contribution in [0.5, 0.6) is 0 Å². The average Bonchev–Trinajstić information content (AvgIpc) is 2.98. The predicted molar refractivity (Wildman–Crippen MR) is 83.4 cm³/mol. The van der Waals surface area contributed by atoms with E-state index in [1.54, 1.807) is 14.0 Å². The molecule has 0 aliphatic heterocycles. The minimum absolute atomic E-state index is 0.00676. The van der Waals surface area contributed by atoms with E-state index in [0.717, 1.165) is 11.1 Å². The zero-order valence-corrected chi connectivity index (χ0v) is 13.1. The second kappa shape index (κ2) is 7.60. The van der Waals surface area contributed by atoms with Crippen molar-refractivity contribution in [3.63, 3.8) is 0 Å². The first kappa shape index (κ1) is 16.8. The molecule has 0 aliphatic carbocycles. The predicted octanol–water partition coefficient (Wildman–Crippen LogP) is 2.62. The van der Waals surface area contributed by atoms with Crippen LogP contribution in [0.2, 0.25) is 0 Å². The van der Waals surface area contributed by atoms with Crippen molar-refractivity contribution in [1.82, 2.24) is 5.32 Å². The highest BCUT2D eigenvalue weighted by atomic mass is 16.5. The Hall–Kier alpha value is -2.60. The van der Waals surface area contributed by atoms with Crippen LogP contribution in [0.4, 0.5) is 0 Å². The number of aromatic carboxylic acids is 1. The van der Waals surface area contributed by atoms with E-state index in [9.17, 15) is 9.59 Å². The van der Waals surface area contributed by atoms with Crippen LogP contribution in [0.1, 0.15) is 44.7 Å². The number of hydrogen-bond donors (Lipinski definition) is 2. The number of carboxylic acid groups (broad SMARTS) is 1. The quantitative estimate of drug-likeness (QED) is 0.819. The highest BCUT2D eigenvalue weighted by Crippen LogP contribution is 2.16. The Labute approximate surface area is 134 Å². The van der Waals surface area contributed by atoms with Crippen LogP contribution < -0.4 is 5.32 Å². The van der Waals surface area contributed by atoms with E-state index in [1.165, 1.54) is 6.07 Å². The van der Waals surface area contributed by atoms with Gasteiger partial charge in [-0.25, -0.2) is 4.79 Å². The second-order valence-corrected chi connectivity index (χ2v) is 5.04. The zero-order valence-electron chi connectivity index (χ0n) is 13.1. The molecule has 0 saturated heterocycles. The lowest BCUT2D eigenvalue weighted by atomic mass is 10.1. The number of carboxylic acids is 1. The van der Waals surface area contributed by atoms with E-state index in [-0.39, 0.29) is 11.3 Å². The summed E-state index contributed by atoms with van der Waals surface area (Å²) < 4.78 is 10.4. The molecule has 0 fully saturated rings. The number of methoxy groups -OCH3 is 1. The Balaban J connectivity index is 2.05. The van der Waals surface area contributed by atoms with E-state index >= 15 is 0 Å². The van der Waals surface area contributed by atoms with Crippen LogP contribution in [0, 0.1) is 0 Å². The summed E-state index contributed by atoms with van der Waals surface area (Å²) in [5.41, 5.74) is 1.96. The number of furan rings is 1. The first-order valence-corrected chi connectivity index (χ1v) is 7.26. The normalized spacial score (nSPS) is 10.5. The molecular formula is C17H19NO5. The van der Waals surface area contributed by atoms with Gasteiger partial charge in [0.25, 0.3) is 5.91 Å². The molecule has 2 N–H and O–H groups in total. The molecular weight excluding hydrogens is 298 g/mol. The molecule has 0 radical (unpaired) electrons. The number of nitrogens with one attached hydrogen (secondary N) is 1. The maximum Gasteiger partial charge on any atom is 0.339 e. The van der Waals surface area contributed by atoms with Crippen LogP contribution >= 0.6 is 0 Å². The molecule has 0 aliphatic rings. The summed E-state index contributed by atoms with van der Waals surface area (Å²) in [6.45, 7) is 2.59. The van der Waals surface area contributed by atoms with Crippen LogP contribution in [-0.4, -0.2) is 24.1 Å². The van der Waals surface area contributed by atoms with Crippen LogP contribution in [0.15, 0.2) is 34.7 Å². The van der Waals surface area contributed by atoms with Gasteiger partial charge in [-0.3, -0.25) is 4.79 Å². The maximum atomic E-state index is 12.1. The van der Waals surface area contributed by atoms with Gasteiger partial charge >= 0.3 is 5.97 Å². The number of rotatable bonds is 7. The Kier molecular flexibility index (Phi) is 5.54. The Morgan fingerprint density at radius 2 is 2.00 bits per heavy atom. The van der Waals surface area contributed by atoms with Gasteiger partial charge in [-0.2, -0.15) is 0 Å². The molecule has 0 spiro atoms. The minimum Gasteiger partial charge on any atom is -0.478 e. The summed E-state index contributed by atoms with van der Waals surface area (Å²) in [5, 5.41) is 11.8. The average molecular weight is 317 g/mol. The summed E-state index contributed by atoms with van der Waals surface area (Å²) in [4.78, 5) is 23.2. The molecule has 0 saturated carbocycles. The molecule has 1 aromatic carbocycles. The number of aryl methyl sites for hydroxylation is 1. The van der Waals surface area contributed by atoms with E-state index in [2.05, 4.69) is 5.32 Å². The highest BCUT2D eigenvalue weighted by Gasteiger charge is 2.19. The van der Waals surface area contributed by atoms with Crippen LogP contribution in [0.25, 0.3) is 0 Å². The molecule has 23 heavy (non-hydrogen) atoms. The monoisotopic (exact) mass is 317 g/mol. The largest absolute Gasteiger partial charge is 0.478 e. The van der Waals surface area contributed by atoms with Gasteiger partial charge in [-0.15, -0.1) is 0 Å². The van der Waals surface area contributed by atoms with Crippen molar-refractivity contribution in [3.8, 4) is 0 Å². The van der Waals surface area contributed by atoms with Gasteiger partial charge in [0.1, 0.15) is 11.3 Å². The lowest BCUT2D eigenvalue weighted by molar-refractivity contribution is 0.0694. The molecule has 0 unspecified atom stereocenters. The molecule has 1 aromatic heterocycles. The van der Waals surface area contributed by atoms with E-state index in [0.29, 0.717) is 25.3 Å². The minimum atomic E-state index is -1.10. The van der Waals surface area contributed by atoms with Crippen molar-refractivity contribution in [3.05, 3.63) is 58.5 Å². The standard InChI is InChI=1S/C17H19NO5/c1-3-14-13(17(20)21)8-15(23-14)16(19)18-9-11-5-4-6-12(7-11)10-22-2/h4-8H,3,9-10H2,1-2H3,(H,18,19)(H,20,21). The Bertz CT molecular complexity index is 705. The van der Waals surface area contributed by atoms with E-state index in [4.69, 9.17) is 14.3 Å². The molecule has 6 heteroatoms. The van der Waals surface area contributed by atoms with Crippen molar-refractivity contribution in [2.75, 3.05) is 7.11 Å². The lowest BCUT2D eigenvalue weighted by Gasteiger charge is -2.06. The van der Waals surface area contributed by atoms with Gasteiger partial charge in [0.05, 0.1) is 6.61 Å². The van der Waals surface area contributed by atoms with Crippen molar-refractivity contribution in [1.29, 1.82) is 0 Å². The van der Waals surface area contributed by atoms with Gasteiger partial charge in [0.15, 0.2) is 5.76 Å². The highest BCUT2D eigenvalue weighted by molar-refractivity contribution is 5.96. The molecule has 0 atom stereocenters.